The van der Waals surface area contributed by atoms with Crippen LogP contribution in [0.2, 0.25) is 0 Å². The van der Waals surface area contributed by atoms with Crippen LogP contribution < -0.4 is 34.7 Å². The zero-order valence-corrected chi connectivity index (χ0v) is 13.7. The number of hydrogen-bond donors (Lipinski definition) is 0. The number of aryl methyl sites for hydroxylation is 1. The Labute approximate surface area is 144 Å². The molecule has 21 heavy (non-hydrogen) atoms. The summed E-state index contributed by atoms with van der Waals surface area (Å²) in [7, 11) is 0. The van der Waals surface area contributed by atoms with Crippen molar-refractivity contribution in [1.29, 1.82) is 0 Å². The predicted molar refractivity (Wildman–Crippen MR) is 72.8 cm³/mol. The van der Waals surface area contributed by atoms with E-state index in [1.165, 1.54) is 0 Å². The summed E-state index contributed by atoms with van der Waals surface area (Å²) in [5, 5.41) is 12.7. The number of fused-ring (bicyclic) bond motifs is 1. The smallest absolute Gasteiger partial charge is 0.550 e. The summed E-state index contributed by atoms with van der Waals surface area (Å²) in [6.07, 6.45) is 1.71. The van der Waals surface area contributed by atoms with Gasteiger partial charge in [0.25, 0.3) is 0 Å². The van der Waals surface area contributed by atoms with E-state index in [-0.39, 0.29) is 42.4 Å². The molecule has 100 valence electrons. The van der Waals surface area contributed by atoms with Crippen molar-refractivity contribution in [3.8, 4) is 11.3 Å². The number of carbonyl (C=O) groups excluding carboxylic acids is 1. The zero-order chi connectivity index (χ0) is 13.9. The first-order valence-electron chi connectivity index (χ1n) is 6.36. The van der Waals surface area contributed by atoms with Crippen molar-refractivity contribution in [1.82, 2.24) is 4.98 Å². The molecule has 1 aromatic heterocycles. The second-order valence-corrected chi connectivity index (χ2v) is 4.56. The summed E-state index contributed by atoms with van der Waals surface area (Å²) in [5.41, 5.74) is 1.66. The number of oxazole rings is 1. The van der Waals surface area contributed by atoms with E-state index in [4.69, 9.17) is 4.42 Å². The van der Waals surface area contributed by atoms with Crippen LogP contribution in [0.25, 0.3) is 22.0 Å². The molecule has 0 aliphatic carbocycles. The van der Waals surface area contributed by atoms with E-state index in [1.54, 1.807) is 6.26 Å². The van der Waals surface area contributed by atoms with Crippen LogP contribution in [0.15, 0.2) is 53.1 Å². The fraction of sp³-hybridized carbons (Fsp3) is 0.125. The Morgan fingerprint density at radius 2 is 1.90 bits per heavy atom. The number of carboxylic acid groups (broad SMARTS) is 1. The standard InChI is InChI=1S/C16H13NO3.Na/c18-16(19)8-7-15-17-14(10-20-15)13-6-5-11-3-1-2-4-12(11)9-13;/h1-6,9-10H,7-8H2,(H,18,19);/q;+1/p-1. The first-order chi connectivity index (χ1) is 9.72. The average molecular weight is 289 g/mol. The maximum absolute atomic E-state index is 10.4. The third kappa shape index (κ3) is 3.73. The van der Waals surface area contributed by atoms with Crippen molar-refractivity contribution >= 4 is 16.7 Å². The van der Waals surface area contributed by atoms with Gasteiger partial charge in [0, 0.05) is 18.0 Å². The van der Waals surface area contributed by atoms with Gasteiger partial charge in [-0.3, -0.25) is 0 Å². The Morgan fingerprint density at radius 1 is 1.14 bits per heavy atom. The monoisotopic (exact) mass is 289 g/mol. The summed E-state index contributed by atoms with van der Waals surface area (Å²) in [6, 6.07) is 14.1. The van der Waals surface area contributed by atoms with Gasteiger partial charge in [-0.15, -0.1) is 0 Å². The van der Waals surface area contributed by atoms with Gasteiger partial charge in [0.2, 0.25) is 0 Å². The number of aliphatic carboxylic acids is 1. The van der Waals surface area contributed by atoms with Gasteiger partial charge in [-0.05, 0) is 23.3 Å². The fourth-order valence-corrected chi connectivity index (χ4v) is 2.12. The predicted octanol–water partition coefficient (Wildman–Crippen LogP) is -0.819. The number of rotatable bonds is 4. The molecule has 0 fully saturated rings. The van der Waals surface area contributed by atoms with Crippen molar-refractivity contribution < 1.29 is 43.9 Å². The van der Waals surface area contributed by atoms with Crippen molar-refractivity contribution in [3.05, 3.63) is 54.6 Å². The summed E-state index contributed by atoms with van der Waals surface area (Å²) in [4.78, 5) is 14.7. The molecule has 0 bridgehead atoms. The number of aromatic nitrogens is 1. The van der Waals surface area contributed by atoms with Gasteiger partial charge in [-0.1, -0.05) is 36.4 Å². The zero-order valence-electron chi connectivity index (χ0n) is 11.7. The number of carbonyl (C=O) groups is 1. The van der Waals surface area contributed by atoms with Gasteiger partial charge in [-0.25, -0.2) is 4.98 Å². The molecular formula is C16H12NNaO3. The Hall–Kier alpha value is -1.62. The molecule has 0 unspecified atom stereocenters. The Morgan fingerprint density at radius 3 is 2.67 bits per heavy atom. The van der Waals surface area contributed by atoms with E-state index in [0.29, 0.717) is 11.6 Å². The normalized spacial score (nSPS) is 10.3. The molecular weight excluding hydrogens is 277 g/mol. The quantitative estimate of drug-likeness (QED) is 0.589. The van der Waals surface area contributed by atoms with E-state index in [1.807, 2.05) is 42.5 Å². The largest absolute Gasteiger partial charge is 1.00 e. The van der Waals surface area contributed by atoms with Gasteiger partial charge in [-0.2, -0.15) is 0 Å². The Balaban J connectivity index is 0.00000161. The molecule has 4 nitrogen and oxygen atoms in total. The molecule has 0 radical (unpaired) electrons. The molecule has 0 saturated heterocycles. The van der Waals surface area contributed by atoms with Gasteiger partial charge in [0.05, 0.1) is 0 Å². The van der Waals surface area contributed by atoms with Gasteiger partial charge < -0.3 is 14.3 Å². The van der Waals surface area contributed by atoms with Crippen LogP contribution >= 0.6 is 0 Å². The third-order valence-corrected chi connectivity index (χ3v) is 3.14. The number of benzene rings is 2. The minimum absolute atomic E-state index is 0. The molecule has 1 heterocycles. The summed E-state index contributed by atoms with van der Waals surface area (Å²) >= 11 is 0. The van der Waals surface area contributed by atoms with Crippen molar-refractivity contribution in [2.24, 2.45) is 0 Å². The molecule has 0 atom stereocenters. The van der Waals surface area contributed by atoms with E-state index < -0.39 is 5.97 Å². The summed E-state index contributed by atoms with van der Waals surface area (Å²) < 4.78 is 5.28. The summed E-state index contributed by atoms with van der Waals surface area (Å²) in [5.74, 6) is -0.687. The molecule has 0 spiro atoms. The van der Waals surface area contributed by atoms with Crippen LogP contribution in [0, 0.1) is 0 Å². The SMILES string of the molecule is O=C([O-])CCc1nc(-c2ccc3ccccc3c2)co1.[Na+]. The maximum Gasteiger partial charge on any atom is 1.00 e. The summed E-state index contributed by atoms with van der Waals surface area (Å²) in [6.45, 7) is 0. The number of nitrogens with zero attached hydrogens (tertiary/aromatic N) is 1. The average Bonchev–Trinajstić information content (AvgIpc) is 2.93. The van der Waals surface area contributed by atoms with Gasteiger partial charge in [0.15, 0.2) is 5.89 Å². The minimum atomic E-state index is -1.10. The molecule has 0 saturated carbocycles. The third-order valence-electron chi connectivity index (χ3n) is 3.14. The Bertz CT molecular complexity index is 767. The van der Waals surface area contributed by atoms with E-state index in [2.05, 4.69) is 4.98 Å². The molecule has 0 amide bonds. The number of carboxylic acids is 1. The van der Waals surface area contributed by atoms with Gasteiger partial charge in [0.1, 0.15) is 12.0 Å². The Kier molecular flexibility index (Phi) is 5.17. The molecule has 3 aromatic rings. The maximum atomic E-state index is 10.4. The van der Waals surface area contributed by atoms with Crippen LogP contribution in [0.3, 0.4) is 0 Å². The van der Waals surface area contributed by atoms with Crippen LogP contribution in [0.5, 0.6) is 0 Å². The van der Waals surface area contributed by atoms with Crippen LogP contribution in [-0.2, 0) is 11.2 Å². The van der Waals surface area contributed by atoms with Crippen molar-refractivity contribution in [2.75, 3.05) is 0 Å². The molecule has 0 aliphatic heterocycles. The van der Waals surface area contributed by atoms with E-state index >= 15 is 0 Å². The number of hydrogen-bond acceptors (Lipinski definition) is 4. The molecule has 2 aromatic carbocycles. The first kappa shape index (κ1) is 15.8. The fourth-order valence-electron chi connectivity index (χ4n) is 2.12. The topological polar surface area (TPSA) is 66.2 Å². The second kappa shape index (κ2) is 6.89. The molecule has 0 N–H and O–H groups in total. The van der Waals surface area contributed by atoms with Crippen LogP contribution in [0.1, 0.15) is 12.3 Å². The molecule has 3 rings (SSSR count). The van der Waals surface area contributed by atoms with Crippen molar-refractivity contribution in [3.63, 3.8) is 0 Å². The van der Waals surface area contributed by atoms with Gasteiger partial charge >= 0.3 is 29.6 Å². The van der Waals surface area contributed by atoms with E-state index in [9.17, 15) is 9.90 Å². The van der Waals surface area contributed by atoms with Crippen LogP contribution in [-0.4, -0.2) is 11.0 Å². The molecule has 5 heteroatoms. The first-order valence-corrected chi connectivity index (χ1v) is 6.36. The second-order valence-electron chi connectivity index (χ2n) is 4.56. The molecule has 0 aliphatic rings. The van der Waals surface area contributed by atoms with Crippen LogP contribution in [0.4, 0.5) is 0 Å². The van der Waals surface area contributed by atoms with Crippen molar-refractivity contribution in [2.45, 2.75) is 12.8 Å². The minimum Gasteiger partial charge on any atom is -0.550 e. The van der Waals surface area contributed by atoms with E-state index in [0.717, 1.165) is 16.3 Å².